The summed E-state index contributed by atoms with van der Waals surface area (Å²) in [6.07, 6.45) is 2.92. The average Bonchev–Trinajstić information content (AvgIpc) is 3.18. The number of hydrogen-bond donors (Lipinski definition) is 2. The smallest absolute Gasteiger partial charge is 0.260 e. The van der Waals surface area contributed by atoms with Crippen LogP contribution >= 0.6 is 0 Å². The first kappa shape index (κ1) is 12.7. The van der Waals surface area contributed by atoms with Crippen molar-refractivity contribution in [2.45, 2.75) is 37.0 Å². The molecule has 0 saturated carbocycles. The van der Waals surface area contributed by atoms with Crippen LogP contribution in [0.1, 0.15) is 37.1 Å². The van der Waals surface area contributed by atoms with Crippen LogP contribution in [0.5, 0.6) is 0 Å². The molecule has 110 valence electrons. The number of β-amino-alcohol motifs (C(OH)–C–C–N with tert-alkyl or cyclic N) is 1. The van der Waals surface area contributed by atoms with Crippen molar-refractivity contribution in [1.29, 1.82) is 0 Å². The van der Waals surface area contributed by atoms with Crippen LogP contribution in [-0.4, -0.2) is 59.0 Å². The minimum absolute atomic E-state index is 0.139. The van der Waals surface area contributed by atoms with E-state index >= 15 is 0 Å². The van der Waals surface area contributed by atoms with Gasteiger partial charge in [-0.1, -0.05) is 5.16 Å². The summed E-state index contributed by atoms with van der Waals surface area (Å²) in [5, 5.41) is 17.5. The zero-order valence-corrected chi connectivity index (χ0v) is 11.4. The molecule has 1 aromatic heterocycles. The molecule has 0 aromatic carbocycles. The van der Waals surface area contributed by atoms with Gasteiger partial charge in [0.1, 0.15) is 6.10 Å². The van der Waals surface area contributed by atoms with Gasteiger partial charge in [0.15, 0.2) is 5.60 Å². The predicted octanol–water partition coefficient (Wildman–Crippen LogP) is -0.214. The topological polar surface area (TPSA) is 83.7 Å². The maximum atomic E-state index is 10.4. The molecule has 0 radical (unpaired) electrons. The molecule has 0 amide bonds. The Morgan fingerprint density at radius 3 is 3.25 bits per heavy atom. The van der Waals surface area contributed by atoms with Crippen molar-refractivity contribution in [3.05, 3.63) is 11.7 Å². The molecule has 0 spiro atoms. The maximum Gasteiger partial charge on any atom is 0.260 e. The van der Waals surface area contributed by atoms with E-state index in [0.717, 1.165) is 26.2 Å². The molecular weight excluding hydrogens is 260 g/mol. The van der Waals surface area contributed by atoms with Crippen LogP contribution in [0, 0.1) is 0 Å². The number of hydrogen-bond acceptors (Lipinski definition) is 7. The highest BCUT2D eigenvalue weighted by Crippen LogP contribution is 2.31. The molecule has 3 saturated heterocycles. The van der Waals surface area contributed by atoms with Crippen LogP contribution in [0.4, 0.5) is 0 Å². The Morgan fingerprint density at radius 2 is 2.40 bits per heavy atom. The Kier molecular flexibility index (Phi) is 3.03. The lowest BCUT2D eigenvalue weighted by Gasteiger charge is -2.33. The lowest BCUT2D eigenvalue weighted by Crippen LogP contribution is -2.42. The van der Waals surface area contributed by atoms with Crippen molar-refractivity contribution >= 4 is 0 Å². The van der Waals surface area contributed by atoms with E-state index in [1.54, 1.807) is 0 Å². The van der Waals surface area contributed by atoms with Crippen LogP contribution in [0.3, 0.4) is 0 Å². The van der Waals surface area contributed by atoms with E-state index in [0.29, 0.717) is 30.7 Å². The standard InChI is InChI=1S/C13H20N4O3/c18-13(3-4-14-8-13)12-15-11(16-20-12)10-6-17-5-1-2-9(17)7-19-10/h9-10,14,18H,1-8H2. The second-order valence-electron chi connectivity index (χ2n) is 6.03. The molecule has 3 fully saturated rings. The SMILES string of the molecule is OC1(c2nc(C3CN4CCCC4CO3)no2)CCNC1. The Balaban J connectivity index is 1.50. The summed E-state index contributed by atoms with van der Waals surface area (Å²) in [7, 11) is 0. The molecule has 20 heavy (non-hydrogen) atoms. The van der Waals surface area contributed by atoms with Gasteiger partial charge in [0.2, 0.25) is 5.82 Å². The van der Waals surface area contributed by atoms with Crippen molar-refractivity contribution in [2.24, 2.45) is 0 Å². The molecule has 4 rings (SSSR count). The molecule has 4 heterocycles. The number of aromatic nitrogens is 2. The molecule has 3 atom stereocenters. The molecule has 0 bridgehead atoms. The first-order valence-electron chi connectivity index (χ1n) is 7.37. The lowest BCUT2D eigenvalue weighted by atomic mass is 10.0. The third-order valence-corrected chi connectivity index (χ3v) is 4.65. The predicted molar refractivity (Wildman–Crippen MR) is 69.0 cm³/mol. The van der Waals surface area contributed by atoms with Crippen molar-refractivity contribution in [3.8, 4) is 0 Å². The molecule has 3 aliphatic rings. The molecule has 0 aliphatic carbocycles. The number of nitrogens with zero attached hydrogens (tertiary/aromatic N) is 3. The minimum atomic E-state index is -1.02. The number of ether oxygens (including phenoxy) is 1. The first-order chi connectivity index (χ1) is 9.74. The summed E-state index contributed by atoms with van der Waals surface area (Å²) in [6.45, 7) is 3.92. The van der Waals surface area contributed by atoms with Crippen molar-refractivity contribution < 1.29 is 14.4 Å². The monoisotopic (exact) mass is 280 g/mol. The lowest BCUT2D eigenvalue weighted by molar-refractivity contribution is -0.0548. The van der Waals surface area contributed by atoms with Gasteiger partial charge >= 0.3 is 0 Å². The van der Waals surface area contributed by atoms with Crippen LogP contribution < -0.4 is 5.32 Å². The molecule has 2 N–H and O–H groups in total. The van der Waals surface area contributed by atoms with E-state index in [-0.39, 0.29) is 6.10 Å². The zero-order valence-electron chi connectivity index (χ0n) is 11.4. The maximum absolute atomic E-state index is 10.4. The van der Waals surface area contributed by atoms with Crippen molar-refractivity contribution in [1.82, 2.24) is 20.4 Å². The third-order valence-electron chi connectivity index (χ3n) is 4.65. The van der Waals surface area contributed by atoms with Crippen molar-refractivity contribution in [3.63, 3.8) is 0 Å². The van der Waals surface area contributed by atoms with Crippen molar-refractivity contribution in [2.75, 3.05) is 32.8 Å². The van der Waals surface area contributed by atoms with Crippen LogP contribution in [0.15, 0.2) is 4.52 Å². The van der Waals surface area contributed by atoms with Gasteiger partial charge in [0.05, 0.1) is 6.61 Å². The number of nitrogens with one attached hydrogen (secondary N) is 1. The normalized spacial score (nSPS) is 38.2. The average molecular weight is 280 g/mol. The second-order valence-corrected chi connectivity index (χ2v) is 6.03. The molecule has 7 heteroatoms. The number of rotatable bonds is 2. The fourth-order valence-electron chi connectivity index (χ4n) is 3.39. The second kappa shape index (κ2) is 4.77. The van der Waals surface area contributed by atoms with Gasteiger partial charge < -0.3 is 19.7 Å². The van der Waals surface area contributed by atoms with E-state index in [1.165, 1.54) is 12.8 Å². The van der Waals surface area contributed by atoms with E-state index < -0.39 is 5.60 Å². The summed E-state index contributed by atoms with van der Waals surface area (Å²) >= 11 is 0. The van der Waals surface area contributed by atoms with Gasteiger partial charge in [-0.15, -0.1) is 0 Å². The Labute approximate surface area is 117 Å². The molecule has 7 nitrogen and oxygen atoms in total. The molecule has 3 aliphatic heterocycles. The number of fused-ring (bicyclic) bond motifs is 1. The Bertz CT molecular complexity index is 486. The van der Waals surface area contributed by atoms with Crippen LogP contribution in [-0.2, 0) is 10.3 Å². The van der Waals surface area contributed by atoms with E-state index in [1.807, 2.05) is 0 Å². The number of aliphatic hydroxyl groups is 1. The highest BCUT2D eigenvalue weighted by molar-refractivity contribution is 5.05. The zero-order chi connectivity index (χ0) is 13.6. The summed E-state index contributed by atoms with van der Waals surface area (Å²) < 4.78 is 11.1. The fourth-order valence-corrected chi connectivity index (χ4v) is 3.39. The Morgan fingerprint density at radius 1 is 1.45 bits per heavy atom. The fraction of sp³-hybridized carbons (Fsp3) is 0.846. The Hall–Kier alpha value is -1.02. The molecular formula is C13H20N4O3. The van der Waals surface area contributed by atoms with Gasteiger partial charge in [-0.3, -0.25) is 4.90 Å². The highest BCUT2D eigenvalue weighted by Gasteiger charge is 2.40. The first-order valence-corrected chi connectivity index (χ1v) is 7.37. The van der Waals surface area contributed by atoms with Gasteiger partial charge in [-0.2, -0.15) is 4.98 Å². The third kappa shape index (κ3) is 2.05. The summed E-state index contributed by atoms with van der Waals surface area (Å²) in [4.78, 5) is 6.82. The van der Waals surface area contributed by atoms with Gasteiger partial charge in [0, 0.05) is 19.1 Å². The van der Waals surface area contributed by atoms with Crippen LogP contribution in [0.2, 0.25) is 0 Å². The largest absolute Gasteiger partial charge is 0.379 e. The summed E-state index contributed by atoms with van der Waals surface area (Å²) in [5.41, 5.74) is -1.02. The number of morpholine rings is 1. The van der Waals surface area contributed by atoms with E-state index in [2.05, 4.69) is 20.4 Å². The van der Waals surface area contributed by atoms with E-state index in [9.17, 15) is 5.11 Å². The highest BCUT2D eigenvalue weighted by atomic mass is 16.5. The quantitative estimate of drug-likeness (QED) is 0.775. The minimum Gasteiger partial charge on any atom is -0.379 e. The summed E-state index contributed by atoms with van der Waals surface area (Å²) in [5.74, 6) is 0.871. The summed E-state index contributed by atoms with van der Waals surface area (Å²) in [6, 6.07) is 0.556. The van der Waals surface area contributed by atoms with Gasteiger partial charge in [0.25, 0.3) is 5.89 Å². The van der Waals surface area contributed by atoms with Crippen LogP contribution in [0.25, 0.3) is 0 Å². The van der Waals surface area contributed by atoms with Gasteiger partial charge in [-0.25, -0.2) is 0 Å². The molecule has 1 aromatic rings. The van der Waals surface area contributed by atoms with Gasteiger partial charge in [-0.05, 0) is 32.4 Å². The molecule has 3 unspecified atom stereocenters. The van der Waals surface area contributed by atoms with E-state index in [4.69, 9.17) is 9.26 Å².